The van der Waals surface area contributed by atoms with Gasteiger partial charge in [0.25, 0.3) is 0 Å². The molecular formula is C10H19N3. The summed E-state index contributed by atoms with van der Waals surface area (Å²) in [6, 6.07) is 0. The molecule has 0 fully saturated rings. The molecule has 0 atom stereocenters. The molecule has 1 rings (SSSR count). The van der Waals surface area contributed by atoms with Gasteiger partial charge < -0.3 is 9.88 Å². The third-order valence-corrected chi connectivity index (χ3v) is 2.19. The van der Waals surface area contributed by atoms with Crippen molar-refractivity contribution in [2.24, 2.45) is 0 Å². The fourth-order valence-electron chi connectivity index (χ4n) is 1.48. The van der Waals surface area contributed by atoms with E-state index in [0.29, 0.717) is 0 Å². The van der Waals surface area contributed by atoms with E-state index in [4.69, 9.17) is 0 Å². The van der Waals surface area contributed by atoms with E-state index in [1.165, 1.54) is 12.1 Å². The summed E-state index contributed by atoms with van der Waals surface area (Å²) in [5.74, 6) is 1.11. The Morgan fingerprint density at radius 1 is 1.46 bits per heavy atom. The minimum Gasteiger partial charge on any atom is -0.331 e. The fourth-order valence-corrected chi connectivity index (χ4v) is 1.48. The smallest absolute Gasteiger partial charge is 0.105 e. The number of nitrogens with one attached hydrogen (secondary N) is 1. The topological polar surface area (TPSA) is 29.9 Å². The Bertz CT molecular complexity index is 253. The summed E-state index contributed by atoms with van der Waals surface area (Å²) in [6.07, 6.45) is 3.14. The van der Waals surface area contributed by atoms with Gasteiger partial charge in [-0.05, 0) is 26.8 Å². The summed E-state index contributed by atoms with van der Waals surface area (Å²) >= 11 is 0. The molecule has 0 aliphatic carbocycles. The third-order valence-electron chi connectivity index (χ3n) is 2.19. The largest absolute Gasteiger partial charge is 0.331 e. The van der Waals surface area contributed by atoms with Crippen LogP contribution in [0.4, 0.5) is 0 Å². The molecule has 13 heavy (non-hydrogen) atoms. The van der Waals surface area contributed by atoms with E-state index in [-0.39, 0.29) is 0 Å². The highest BCUT2D eigenvalue weighted by molar-refractivity contribution is 5.03. The molecule has 0 aliphatic heterocycles. The molecule has 1 N–H and O–H groups in total. The lowest BCUT2D eigenvalue weighted by Gasteiger charge is -2.07. The standard InChI is InChI=1S/C10H19N3/c1-4-6-11-7-10-8-12-9(3)13(10)5-2/h8,11H,4-7H2,1-3H3. The van der Waals surface area contributed by atoms with Crippen LogP contribution in [0.1, 0.15) is 31.8 Å². The third kappa shape index (κ3) is 2.56. The predicted octanol–water partition coefficient (Wildman–Crippen LogP) is 1.71. The van der Waals surface area contributed by atoms with Crippen LogP contribution in [0.25, 0.3) is 0 Å². The summed E-state index contributed by atoms with van der Waals surface area (Å²) in [4.78, 5) is 4.29. The molecule has 1 aromatic heterocycles. The van der Waals surface area contributed by atoms with Crippen molar-refractivity contribution in [3.8, 4) is 0 Å². The highest BCUT2D eigenvalue weighted by Gasteiger charge is 2.02. The van der Waals surface area contributed by atoms with Gasteiger partial charge in [-0.15, -0.1) is 0 Å². The zero-order chi connectivity index (χ0) is 9.68. The van der Waals surface area contributed by atoms with Crippen LogP contribution < -0.4 is 5.32 Å². The van der Waals surface area contributed by atoms with Crippen LogP contribution in [-0.4, -0.2) is 16.1 Å². The Labute approximate surface area is 80.2 Å². The van der Waals surface area contributed by atoms with Gasteiger partial charge >= 0.3 is 0 Å². The maximum atomic E-state index is 4.29. The fraction of sp³-hybridized carbons (Fsp3) is 0.700. The molecule has 3 nitrogen and oxygen atoms in total. The molecule has 0 saturated carbocycles. The number of aryl methyl sites for hydroxylation is 1. The van der Waals surface area contributed by atoms with Gasteiger partial charge in [-0.3, -0.25) is 0 Å². The molecule has 1 aromatic rings. The number of hydrogen-bond donors (Lipinski definition) is 1. The van der Waals surface area contributed by atoms with Crippen LogP contribution in [0.2, 0.25) is 0 Å². The van der Waals surface area contributed by atoms with Crippen molar-refractivity contribution in [2.45, 2.75) is 40.3 Å². The van der Waals surface area contributed by atoms with Crippen molar-refractivity contribution < 1.29 is 0 Å². The van der Waals surface area contributed by atoms with Crippen molar-refractivity contribution in [1.82, 2.24) is 14.9 Å². The molecule has 0 radical (unpaired) electrons. The van der Waals surface area contributed by atoms with E-state index in [1.54, 1.807) is 0 Å². The van der Waals surface area contributed by atoms with Gasteiger partial charge in [0, 0.05) is 19.3 Å². The second-order valence-electron chi connectivity index (χ2n) is 3.22. The quantitative estimate of drug-likeness (QED) is 0.701. The maximum absolute atomic E-state index is 4.29. The van der Waals surface area contributed by atoms with Crippen molar-refractivity contribution in [3.63, 3.8) is 0 Å². The van der Waals surface area contributed by atoms with Gasteiger partial charge in [-0.25, -0.2) is 4.98 Å². The molecule has 74 valence electrons. The van der Waals surface area contributed by atoms with Crippen LogP contribution in [0.5, 0.6) is 0 Å². The van der Waals surface area contributed by atoms with Crippen molar-refractivity contribution in [2.75, 3.05) is 6.54 Å². The first-order valence-electron chi connectivity index (χ1n) is 5.01. The van der Waals surface area contributed by atoms with Gasteiger partial charge in [0.15, 0.2) is 0 Å². The molecule has 0 spiro atoms. The minimum atomic E-state index is 0.933. The van der Waals surface area contributed by atoms with E-state index in [1.807, 2.05) is 13.1 Å². The summed E-state index contributed by atoms with van der Waals surface area (Å²) < 4.78 is 2.24. The van der Waals surface area contributed by atoms with E-state index in [2.05, 4.69) is 28.7 Å². The zero-order valence-electron chi connectivity index (χ0n) is 8.80. The first-order chi connectivity index (χ1) is 6.29. The SMILES string of the molecule is CCCNCc1cnc(C)n1CC. The van der Waals surface area contributed by atoms with E-state index < -0.39 is 0 Å². The monoisotopic (exact) mass is 181 g/mol. The molecule has 0 bridgehead atoms. The van der Waals surface area contributed by atoms with Gasteiger partial charge in [0.05, 0.1) is 5.69 Å². The van der Waals surface area contributed by atoms with Gasteiger partial charge in [0.1, 0.15) is 5.82 Å². The predicted molar refractivity (Wildman–Crippen MR) is 54.6 cm³/mol. The summed E-state index contributed by atoms with van der Waals surface area (Å²) in [6.45, 7) is 9.39. The number of aromatic nitrogens is 2. The number of imidazole rings is 1. The van der Waals surface area contributed by atoms with Crippen LogP contribution in [-0.2, 0) is 13.1 Å². The molecule has 0 aliphatic rings. The van der Waals surface area contributed by atoms with Crippen molar-refractivity contribution in [1.29, 1.82) is 0 Å². The molecule has 0 amide bonds. The van der Waals surface area contributed by atoms with Gasteiger partial charge in [0.2, 0.25) is 0 Å². The average Bonchev–Trinajstić information content (AvgIpc) is 2.47. The zero-order valence-corrected chi connectivity index (χ0v) is 8.80. The molecule has 3 heteroatoms. The molecule has 1 heterocycles. The van der Waals surface area contributed by atoms with Crippen molar-refractivity contribution >= 4 is 0 Å². The minimum absolute atomic E-state index is 0.933. The first kappa shape index (κ1) is 10.3. The summed E-state index contributed by atoms with van der Waals surface area (Å²) in [7, 11) is 0. The van der Waals surface area contributed by atoms with Crippen LogP contribution >= 0.6 is 0 Å². The van der Waals surface area contributed by atoms with Crippen LogP contribution in [0, 0.1) is 6.92 Å². The van der Waals surface area contributed by atoms with Gasteiger partial charge in [-0.2, -0.15) is 0 Å². The Morgan fingerprint density at radius 2 is 2.23 bits per heavy atom. The summed E-state index contributed by atoms with van der Waals surface area (Å²) in [5, 5.41) is 3.38. The Balaban J connectivity index is 2.55. The lowest BCUT2D eigenvalue weighted by molar-refractivity contribution is 0.614. The second-order valence-corrected chi connectivity index (χ2v) is 3.22. The number of rotatable bonds is 5. The van der Waals surface area contributed by atoms with E-state index >= 15 is 0 Å². The van der Waals surface area contributed by atoms with Crippen molar-refractivity contribution in [3.05, 3.63) is 17.7 Å². The average molecular weight is 181 g/mol. The van der Waals surface area contributed by atoms with Gasteiger partial charge in [-0.1, -0.05) is 6.92 Å². The lowest BCUT2D eigenvalue weighted by Crippen LogP contribution is -2.16. The van der Waals surface area contributed by atoms with E-state index in [0.717, 1.165) is 25.5 Å². The van der Waals surface area contributed by atoms with E-state index in [9.17, 15) is 0 Å². The lowest BCUT2D eigenvalue weighted by atomic mass is 10.4. The Hall–Kier alpha value is -0.830. The van der Waals surface area contributed by atoms with Crippen LogP contribution in [0.3, 0.4) is 0 Å². The molecular weight excluding hydrogens is 162 g/mol. The number of nitrogens with zero attached hydrogens (tertiary/aromatic N) is 2. The molecule has 0 aromatic carbocycles. The molecule has 0 saturated heterocycles. The number of hydrogen-bond acceptors (Lipinski definition) is 2. The maximum Gasteiger partial charge on any atom is 0.105 e. The highest BCUT2D eigenvalue weighted by Crippen LogP contribution is 2.03. The first-order valence-corrected chi connectivity index (χ1v) is 5.01. The normalized spacial score (nSPS) is 10.7. The van der Waals surface area contributed by atoms with Crippen LogP contribution in [0.15, 0.2) is 6.20 Å². The highest BCUT2D eigenvalue weighted by atomic mass is 15.1. The Kier molecular flexibility index (Phi) is 3.96. The molecule has 0 unspecified atom stereocenters. The second kappa shape index (κ2) is 5.02. The Morgan fingerprint density at radius 3 is 2.85 bits per heavy atom. The summed E-state index contributed by atoms with van der Waals surface area (Å²) in [5.41, 5.74) is 1.29.